The minimum atomic E-state index is -3.48. The fourth-order valence-electron chi connectivity index (χ4n) is 1.57. The molecule has 1 aliphatic carbocycles. The molecule has 17 heavy (non-hydrogen) atoms. The van der Waals surface area contributed by atoms with Gasteiger partial charge < -0.3 is 5.11 Å². The minimum Gasteiger partial charge on any atom is -0.478 e. The van der Waals surface area contributed by atoms with E-state index in [1.165, 1.54) is 28.6 Å². The maximum Gasteiger partial charge on any atom is 0.335 e. The van der Waals surface area contributed by atoms with Crippen LogP contribution in [0.15, 0.2) is 29.2 Å². The lowest BCUT2D eigenvalue weighted by molar-refractivity contribution is 0.0696. The van der Waals surface area contributed by atoms with Crippen LogP contribution in [0.2, 0.25) is 0 Å². The second-order valence-electron chi connectivity index (χ2n) is 4.08. The van der Waals surface area contributed by atoms with E-state index in [0.29, 0.717) is 0 Å². The average molecular weight is 255 g/mol. The Morgan fingerprint density at radius 1 is 1.29 bits per heavy atom. The van der Waals surface area contributed by atoms with Crippen LogP contribution in [0.5, 0.6) is 0 Å². The normalized spacial score (nSPS) is 16.1. The number of hydrogen-bond donors (Lipinski definition) is 1. The van der Waals surface area contributed by atoms with Gasteiger partial charge in [-0.1, -0.05) is 0 Å². The number of hydrogen-bond acceptors (Lipinski definition) is 3. The second-order valence-corrected chi connectivity index (χ2v) is 6.08. The number of carbonyl (C=O) groups is 1. The van der Waals surface area contributed by atoms with Gasteiger partial charge in [-0.25, -0.2) is 13.2 Å². The number of carboxylic acids is 1. The lowest BCUT2D eigenvalue weighted by atomic mass is 10.2. The molecule has 1 aromatic rings. The molecule has 92 valence electrons. The van der Waals surface area contributed by atoms with Crippen molar-refractivity contribution in [2.24, 2.45) is 0 Å². The van der Waals surface area contributed by atoms with Crippen molar-refractivity contribution in [1.82, 2.24) is 4.31 Å². The summed E-state index contributed by atoms with van der Waals surface area (Å²) < 4.78 is 25.5. The SMILES string of the molecule is CN(C1CC1)S(=O)(=O)c1ccc(C(=O)O)cc1. The standard InChI is InChI=1S/C11H13NO4S/c1-12(9-4-5-9)17(15,16)10-6-2-8(3-7-10)11(13)14/h2-3,6-7,9H,4-5H2,1H3,(H,13,14). The van der Waals surface area contributed by atoms with Gasteiger partial charge in [0.15, 0.2) is 0 Å². The van der Waals surface area contributed by atoms with Crippen molar-refractivity contribution in [3.63, 3.8) is 0 Å². The van der Waals surface area contributed by atoms with Crippen LogP contribution in [0.25, 0.3) is 0 Å². The number of sulfonamides is 1. The Labute approximate surface area is 99.7 Å². The highest BCUT2D eigenvalue weighted by Gasteiger charge is 2.34. The van der Waals surface area contributed by atoms with E-state index in [1.54, 1.807) is 7.05 Å². The van der Waals surface area contributed by atoms with Gasteiger partial charge in [0.1, 0.15) is 0 Å². The molecule has 0 aliphatic heterocycles. The molecule has 1 fully saturated rings. The van der Waals surface area contributed by atoms with Gasteiger partial charge in [0.25, 0.3) is 0 Å². The smallest absolute Gasteiger partial charge is 0.335 e. The molecule has 0 unspecified atom stereocenters. The highest BCUT2D eigenvalue weighted by Crippen LogP contribution is 2.30. The van der Waals surface area contributed by atoms with Crippen molar-refractivity contribution in [2.75, 3.05) is 7.05 Å². The largest absolute Gasteiger partial charge is 0.478 e. The molecule has 0 amide bonds. The zero-order chi connectivity index (χ0) is 12.6. The summed E-state index contributed by atoms with van der Waals surface area (Å²) in [6.45, 7) is 0. The van der Waals surface area contributed by atoms with Crippen LogP contribution in [0, 0.1) is 0 Å². The van der Waals surface area contributed by atoms with E-state index < -0.39 is 16.0 Å². The quantitative estimate of drug-likeness (QED) is 0.876. The van der Waals surface area contributed by atoms with Crippen LogP contribution in [-0.2, 0) is 10.0 Å². The molecule has 0 aromatic heterocycles. The van der Waals surface area contributed by atoms with Gasteiger partial charge in [-0.2, -0.15) is 4.31 Å². The van der Waals surface area contributed by atoms with Gasteiger partial charge >= 0.3 is 5.97 Å². The van der Waals surface area contributed by atoms with Gasteiger partial charge in [0.05, 0.1) is 10.5 Å². The van der Waals surface area contributed by atoms with Gasteiger partial charge in [-0.15, -0.1) is 0 Å². The highest BCUT2D eigenvalue weighted by molar-refractivity contribution is 7.89. The topological polar surface area (TPSA) is 74.7 Å². The van der Waals surface area contributed by atoms with Crippen LogP contribution in [-0.4, -0.2) is 36.9 Å². The van der Waals surface area contributed by atoms with E-state index in [4.69, 9.17) is 5.11 Å². The molecule has 0 saturated heterocycles. The molecule has 0 radical (unpaired) electrons. The predicted octanol–water partition coefficient (Wildman–Crippen LogP) is 1.17. The van der Waals surface area contributed by atoms with E-state index in [2.05, 4.69) is 0 Å². The average Bonchev–Trinajstić information content (AvgIpc) is 3.12. The van der Waals surface area contributed by atoms with Crippen LogP contribution < -0.4 is 0 Å². The van der Waals surface area contributed by atoms with Crippen molar-refractivity contribution >= 4 is 16.0 Å². The van der Waals surface area contributed by atoms with Crippen LogP contribution in [0.1, 0.15) is 23.2 Å². The summed E-state index contributed by atoms with van der Waals surface area (Å²) in [5, 5.41) is 8.73. The first kappa shape index (κ1) is 12.1. The van der Waals surface area contributed by atoms with Gasteiger partial charge in [0.2, 0.25) is 10.0 Å². The number of benzene rings is 1. The molecule has 0 heterocycles. The van der Waals surface area contributed by atoms with E-state index in [1.807, 2.05) is 0 Å². The third-order valence-corrected chi connectivity index (χ3v) is 4.76. The summed E-state index contributed by atoms with van der Waals surface area (Å²) in [5.74, 6) is -1.07. The molecule has 1 saturated carbocycles. The second kappa shape index (κ2) is 4.12. The number of rotatable bonds is 4. The zero-order valence-electron chi connectivity index (χ0n) is 9.33. The summed E-state index contributed by atoms with van der Waals surface area (Å²) in [7, 11) is -1.92. The molecule has 0 spiro atoms. The number of nitrogens with zero attached hydrogens (tertiary/aromatic N) is 1. The van der Waals surface area contributed by atoms with Crippen LogP contribution >= 0.6 is 0 Å². The molecule has 0 bridgehead atoms. The lowest BCUT2D eigenvalue weighted by Crippen LogP contribution is -2.28. The molecule has 0 atom stereocenters. The maximum absolute atomic E-state index is 12.1. The molecule has 1 aliphatic rings. The lowest BCUT2D eigenvalue weighted by Gasteiger charge is -2.16. The Balaban J connectivity index is 2.30. The van der Waals surface area contributed by atoms with Crippen molar-refractivity contribution in [2.45, 2.75) is 23.8 Å². The summed E-state index contributed by atoms with van der Waals surface area (Å²) in [5.41, 5.74) is 0.0815. The van der Waals surface area contributed by atoms with Crippen LogP contribution in [0.4, 0.5) is 0 Å². The first-order valence-corrected chi connectivity index (χ1v) is 6.68. The third kappa shape index (κ3) is 2.32. The van der Waals surface area contributed by atoms with Gasteiger partial charge in [-0.3, -0.25) is 0 Å². The monoisotopic (exact) mass is 255 g/mol. The number of carboxylic acid groups (broad SMARTS) is 1. The van der Waals surface area contributed by atoms with E-state index in [9.17, 15) is 13.2 Å². The Kier molecular flexibility index (Phi) is 2.92. The molecule has 6 heteroatoms. The Morgan fingerprint density at radius 3 is 2.24 bits per heavy atom. The fourth-order valence-corrected chi connectivity index (χ4v) is 2.99. The molecule has 1 N–H and O–H groups in total. The van der Waals surface area contributed by atoms with Crippen molar-refractivity contribution in [1.29, 1.82) is 0 Å². The highest BCUT2D eigenvalue weighted by atomic mass is 32.2. The van der Waals surface area contributed by atoms with Gasteiger partial charge in [0, 0.05) is 13.1 Å². The Hall–Kier alpha value is -1.40. The van der Waals surface area contributed by atoms with Crippen LogP contribution in [0.3, 0.4) is 0 Å². The number of aromatic carboxylic acids is 1. The van der Waals surface area contributed by atoms with Crippen molar-refractivity contribution < 1.29 is 18.3 Å². The van der Waals surface area contributed by atoms with E-state index in [-0.39, 0.29) is 16.5 Å². The minimum absolute atomic E-state index is 0.0815. The Morgan fingerprint density at radius 2 is 1.82 bits per heavy atom. The van der Waals surface area contributed by atoms with Crippen molar-refractivity contribution in [3.8, 4) is 0 Å². The molecule has 5 nitrogen and oxygen atoms in total. The zero-order valence-corrected chi connectivity index (χ0v) is 10.1. The summed E-state index contributed by atoms with van der Waals surface area (Å²) in [4.78, 5) is 10.8. The molecular formula is C11H13NO4S. The fraction of sp³-hybridized carbons (Fsp3) is 0.364. The first-order chi connectivity index (χ1) is 7.93. The summed E-state index contributed by atoms with van der Waals surface area (Å²) in [6, 6.07) is 5.36. The molecular weight excluding hydrogens is 242 g/mol. The predicted molar refractivity (Wildman–Crippen MR) is 61.4 cm³/mol. The van der Waals surface area contributed by atoms with Crippen molar-refractivity contribution in [3.05, 3.63) is 29.8 Å². The Bertz CT molecular complexity index is 531. The molecule has 1 aromatic carbocycles. The molecule has 2 rings (SSSR count). The first-order valence-electron chi connectivity index (χ1n) is 5.24. The van der Waals surface area contributed by atoms with E-state index >= 15 is 0 Å². The maximum atomic E-state index is 12.1. The summed E-state index contributed by atoms with van der Waals surface area (Å²) in [6.07, 6.45) is 1.78. The van der Waals surface area contributed by atoms with Gasteiger partial charge in [-0.05, 0) is 37.1 Å². The van der Waals surface area contributed by atoms with E-state index in [0.717, 1.165) is 12.8 Å². The summed E-state index contributed by atoms with van der Waals surface area (Å²) >= 11 is 0. The third-order valence-electron chi connectivity index (χ3n) is 2.84.